The van der Waals surface area contributed by atoms with Gasteiger partial charge in [0.05, 0.1) is 28.1 Å². The van der Waals surface area contributed by atoms with E-state index in [-0.39, 0.29) is 30.0 Å². The molecule has 4 aromatic rings. The summed E-state index contributed by atoms with van der Waals surface area (Å²) in [7, 11) is 0. The summed E-state index contributed by atoms with van der Waals surface area (Å²) >= 11 is 1.03. The van der Waals surface area contributed by atoms with Crippen molar-refractivity contribution in [2.24, 2.45) is 0 Å². The number of hydrogen-bond acceptors (Lipinski definition) is 6. The Labute approximate surface area is 261 Å². The number of allylic oxidation sites excluding steroid dienone is 2. The molecule has 3 aromatic carbocycles. The number of nitrogen functional groups attached to an aromatic ring is 1. The van der Waals surface area contributed by atoms with Gasteiger partial charge in [0.1, 0.15) is 0 Å². The van der Waals surface area contributed by atoms with E-state index in [0.29, 0.717) is 10.3 Å². The Morgan fingerprint density at radius 2 is 1.76 bits per heavy atom. The van der Waals surface area contributed by atoms with Gasteiger partial charge in [0.2, 0.25) is 5.91 Å². The van der Waals surface area contributed by atoms with Gasteiger partial charge in [-0.2, -0.15) is 13.2 Å². The van der Waals surface area contributed by atoms with Crippen LogP contribution in [0, 0.1) is 0 Å². The molecule has 0 aliphatic heterocycles. The van der Waals surface area contributed by atoms with Crippen molar-refractivity contribution in [2.75, 3.05) is 17.6 Å². The van der Waals surface area contributed by atoms with Gasteiger partial charge < -0.3 is 21.5 Å². The molecule has 234 valence electrons. The number of amides is 2. The second kappa shape index (κ2) is 13.5. The summed E-state index contributed by atoms with van der Waals surface area (Å²) in [5.41, 5.74) is 8.56. The van der Waals surface area contributed by atoms with Crippen LogP contribution < -0.4 is 16.4 Å². The van der Waals surface area contributed by atoms with E-state index in [4.69, 9.17) is 10.8 Å². The van der Waals surface area contributed by atoms with Gasteiger partial charge in [0.15, 0.2) is 5.13 Å². The zero-order valence-corrected chi connectivity index (χ0v) is 24.9. The van der Waals surface area contributed by atoms with Crippen LogP contribution >= 0.6 is 11.3 Å². The SMILES string of the molecule is Nc1cc2sc(NC(=O)C(Cc3ccc(C(=O)NCCC(=O)O)cc3)c3ccc(C4=CCCCC4)cc3)nc2cc1C(F)(F)F. The lowest BCUT2D eigenvalue weighted by Gasteiger charge is -2.18. The van der Waals surface area contributed by atoms with Crippen LogP contribution in [-0.2, 0) is 22.2 Å². The van der Waals surface area contributed by atoms with Gasteiger partial charge in [0, 0.05) is 17.8 Å². The highest BCUT2D eigenvalue weighted by Crippen LogP contribution is 2.38. The molecule has 8 nitrogen and oxygen atoms in total. The maximum absolute atomic E-state index is 13.7. The molecular formula is C33H31F3N4O4S. The number of carboxylic acid groups (broad SMARTS) is 1. The zero-order valence-electron chi connectivity index (χ0n) is 24.1. The molecule has 1 aromatic heterocycles. The quantitative estimate of drug-likeness (QED) is 0.138. The standard InChI is InChI=1S/C33H31F3N4O4S/c34-33(35,36)25-17-27-28(18-26(25)37)45-32(39-27)40-31(44)24(22-12-10-21(11-13-22)20-4-2-1-3-5-20)16-19-6-8-23(9-7-19)30(43)38-15-14-29(41)42/h4,6-13,17-18,24H,1-3,5,14-16,37H2,(H,38,43)(H,41,42)(H,39,40,44). The number of nitrogens with zero attached hydrogens (tertiary/aromatic N) is 1. The van der Waals surface area contributed by atoms with Crippen LogP contribution in [0.25, 0.3) is 15.8 Å². The van der Waals surface area contributed by atoms with Crippen molar-refractivity contribution in [1.82, 2.24) is 10.3 Å². The van der Waals surface area contributed by atoms with Crippen molar-refractivity contribution in [3.63, 3.8) is 0 Å². The fourth-order valence-electron chi connectivity index (χ4n) is 5.29. The van der Waals surface area contributed by atoms with Crippen LogP contribution in [-0.4, -0.2) is 34.4 Å². The number of carbonyl (C=O) groups excluding carboxylic acids is 2. The highest BCUT2D eigenvalue weighted by Gasteiger charge is 2.34. The van der Waals surface area contributed by atoms with Gasteiger partial charge in [0.25, 0.3) is 5.91 Å². The van der Waals surface area contributed by atoms with Crippen molar-refractivity contribution >= 4 is 55.7 Å². The molecule has 1 unspecified atom stereocenters. The molecule has 5 rings (SSSR count). The number of carboxylic acids is 1. The van der Waals surface area contributed by atoms with Gasteiger partial charge >= 0.3 is 12.1 Å². The minimum Gasteiger partial charge on any atom is -0.481 e. The van der Waals surface area contributed by atoms with Gasteiger partial charge in [-0.1, -0.05) is 53.8 Å². The number of nitrogens with one attached hydrogen (secondary N) is 2. The number of halogens is 3. The Bertz CT molecular complexity index is 1750. The average molecular weight is 637 g/mol. The predicted molar refractivity (Wildman–Crippen MR) is 168 cm³/mol. The van der Waals surface area contributed by atoms with Crippen LogP contribution in [0.5, 0.6) is 0 Å². The molecule has 45 heavy (non-hydrogen) atoms. The fourth-order valence-corrected chi connectivity index (χ4v) is 6.18. The molecule has 2 amide bonds. The molecule has 1 atom stereocenters. The maximum atomic E-state index is 13.7. The summed E-state index contributed by atoms with van der Waals surface area (Å²) in [6.45, 7) is 0.000931. The lowest BCUT2D eigenvalue weighted by atomic mass is 9.88. The normalized spacial score (nSPS) is 14.1. The summed E-state index contributed by atoms with van der Waals surface area (Å²) in [5.74, 6) is -2.50. The summed E-state index contributed by atoms with van der Waals surface area (Å²) in [6, 6.07) is 16.6. The average Bonchev–Trinajstić information content (AvgIpc) is 3.40. The van der Waals surface area contributed by atoms with Gasteiger partial charge in [-0.15, -0.1) is 0 Å². The van der Waals surface area contributed by atoms with Gasteiger partial charge in [-0.05, 0) is 78.6 Å². The number of benzene rings is 3. The zero-order chi connectivity index (χ0) is 32.1. The van der Waals surface area contributed by atoms with E-state index in [2.05, 4.69) is 21.7 Å². The first-order valence-electron chi connectivity index (χ1n) is 14.4. The third-order valence-electron chi connectivity index (χ3n) is 7.67. The second-order valence-electron chi connectivity index (χ2n) is 10.9. The Morgan fingerprint density at radius 3 is 2.40 bits per heavy atom. The molecule has 1 aliphatic rings. The lowest BCUT2D eigenvalue weighted by molar-refractivity contribution is -0.137. The topological polar surface area (TPSA) is 134 Å². The van der Waals surface area contributed by atoms with E-state index in [9.17, 15) is 27.6 Å². The van der Waals surface area contributed by atoms with Gasteiger partial charge in [-0.25, -0.2) is 4.98 Å². The number of anilines is 2. The van der Waals surface area contributed by atoms with Crippen LogP contribution in [0.3, 0.4) is 0 Å². The predicted octanol–water partition coefficient (Wildman–Crippen LogP) is 7.02. The van der Waals surface area contributed by atoms with Crippen molar-refractivity contribution in [1.29, 1.82) is 0 Å². The first kappa shape index (κ1) is 31.7. The first-order valence-corrected chi connectivity index (χ1v) is 15.3. The number of nitrogens with two attached hydrogens (primary N) is 1. The number of carbonyl (C=O) groups is 3. The molecule has 0 fully saturated rings. The molecular weight excluding hydrogens is 605 g/mol. The van der Waals surface area contributed by atoms with Crippen LogP contribution in [0.15, 0.2) is 66.7 Å². The summed E-state index contributed by atoms with van der Waals surface area (Å²) < 4.78 is 40.5. The fraction of sp³-hybridized carbons (Fsp3) is 0.273. The molecule has 12 heteroatoms. The first-order chi connectivity index (χ1) is 21.5. The monoisotopic (exact) mass is 636 g/mol. The Balaban J connectivity index is 1.39. The summed E-state index contributed by atoms with van der Waals surface area (Å²) in [6.07, 6.45) is 2.02. The van der Waals surface area contributed by atoms with Crippen LogP contribution in [0.4, 0.5) is 24.0 Å². The van der Waals surface area contributed by atoms with E-state index in [1.807, 2.05) is 24.3 Å². The van der Waals surface area contributed by atoms with Crippen LogP contribution in [0.1, 0.15) is 70.6 Å². The largest absolute Gasteiger partial charge is 0.481 e. The maximum Gasteiger partial charge on any atom is 0.418 e. The minimum atomic E-state index is -4.63. The molecule has 0 spiro atoms. The molecule has 5 N–H and O–H groups in total. The molecule has 0 bridgehead atoms. The van der Waals surface area contributed by atoms with Crippen LogP contribution in [0.2, 0.25) is 0 Å². The van der Waals surface area contributed by atoms with Gasteiger partial charge in [-0.3, -0.25) is 14.4 Å². The third-order valence-corrected chi connectivity index (χ3v) is 8.60. The molecule has 1 heterocycles. The molecule has 1 aliphatic carbocycles. The number of hydrogen-bond donors (Lipinski definition) is 4. The number of aliphatic carboxylic acids is 1. The smallest absolute Gasteiger partial charge is 0.418 e. The summed E-state index contributed by atoms with van der Waals surface area (Å²) in [5, 5.41) is 14.3. The highest BCUT2D eigenvalue weighted by atomic mass is 32.1. The Morgan fingerprint density at radius 1 is 1.02 bits per heavy atom. The van der Waals surface area contributed by atoms with E-state index in [1.165, 1.54) is 18.1 Å². The number of thiazole rings is 1. The molecule has 0 radical (unpaired) electrons. The van der Waals surface area contributed by atoms with Crippen molar-refractivity contribution in [3.05, 3.63) is 94.6 Å². The third kappa shape index (κ3) is 7.88. The number of aromatic nitrogens is 1. The van der Waals surface area contributed by atoms with E-state index in [1.54, 1.807) is 24.3 Å². The number of alkyl halides is 3. The molecule has 0 saturated heterocycles. The Hall–Kier alpha value is -4.71. The van der Waals surface area contributed by atoms with Crippen molar-refractivity contribution < 1.29 is 32.7 Å². The van der Waals surface area contributed by atoms with E-state index >= 15 is 0 Å². The minimum absolute atomic E-state index is 0.000931. The summed E-state index contributed by atoms with van der Waals surface area (Å²) in [4.78, 5) is 41.1. The highest BCUT2D eigenvalue weighted by molar-refractivity contribution is 7.22. The van der Waals surface area contributed by atoms with E-state index in [0.717, 1.165) is 53.4 Å². The second-order valence-corrected chi connectivity index (χ2v) is 11.9. The number of rotatable bonds is 10. The van der Waals surface area contributed by atoms with Crippen molar-refractivity contribution in [3.8, 4) is 0 Å². The molecule has 0 saturated carbocycles. The van der Waals surface area contributed by atoms with Crippen molar-refractivity contribution in [2.45, 2.75) is 50.6 Å². The number of fused-ring (bicyclic) bond motifs is 1. The lowest BCUT2D eigenvalue weighted by Crippen LogP contribution is -2.26. The Kier molecular flexibility index (Phi) is 9.52. The van der Waals surface area contributed by atoms with E-state index < -0.39 is 41.1 Å².